The second-order valence-electron chi connectivity index (χ2n) is 5.34. The monoisotopic (exact) mass is 389 g/mol. The molecular formula is C19H16ClNO2S2. The van der Waals surface area contributed by atoms with Crippen LogP contribution in [0.1, 0.15) is 18.1 Å². The highest BCUT2D eigenvalue weighted by Crippen LogP contribution is 2.34. The molecule has 1 fully saturated rings. The Labute approximate surface area is 161 Å². The van der Waals surface area contributed by atoms with Gasteiger partial charge in [-0.2, -0.15) is 0 Å². The van der Waals surface area contributed by atoms with E-state index in [1.165, 1.54) is 11.8 Å². The Bertz CT molecular complexity index is 851. The largest absolute Gasteiger partial charge is 0.488 e. The Balaban J connectivity index is 1.82. The number of ether oxygens (including phenoxy) is 1. The van der Waals surface area contributed by atoms with E-state index in [2.05, 4.69) is 0 Å². The predicted molar refractivity (Wildman–Crippen MR) is 108 cm³/mol. The first-order valence-electron chi connectivity index (χ1n) is 7.80. The Morgan fingerprint density at radius 2 is 1.92 bits per heavy atom. The van der Waals surface area contributed by atoms with Crippen molar-refractivity contribution in [3.63, 3.8) is 0 Å². The zero-order chi connectivity index (χ0) is 17.8. The number of para-hydroxylation sites is 1. The molecule has 128 valence electrons. The lowest BCUT2D eigenvalue weighted by Gasteiger charge is -2.11. The SMILES string of the molecule is CCN1C(=O)C(=Cc2ccccc2OCc2ccccc2Cl)SC1=S. The number of amides is 1. The van der Waals surface area contributed by atoms with Crippen LogP contribution in [0.4, 0.5) is 0 Å². The lowest BCUT2D eigenvalue weighted by Crippen LogP contribution is -2.27. The zero-order valence-corrected chi connectivity index (χ0v) is 16.0. The second-order valence-corrected chi connectivity index (χ2v) is 7.43. The van der Waals surface area contributed by atoms with Gasteiger partial charge >= 0.3 is 0 Å². The number of nitrogens with zero attached hydrogens (tertiary/aromatic N) is 1. The van der Waals surface area contributed by atoms with Gasteiger partial charge in [0.15, 0.2) is 0 Å². The fourth-order valence-electron chi connectivity index (χ4n) is 2.42. The van der Waals surface area contributed by atoms with Crippen molar-refractivity contribution < 1.29 is 9.53 Å². The lowest BCUT2D eigenvalue weighted by molar-refractivity contribution is -0.121. The predicted octanol–water partition coefficient (Wildman–Crippen LogP) is 5.14. The third-order valence-corrected chi connectivity index (χ3v) is 5.48. The highest BCUT2D eigenvalue weighted by atomic mass is 35.5. The van der Waals surface area contributed by atoms with Crippen molar-refractivity contribution in [2.75, 3.05) is 6.54 Å². The Hall–Kier alpha value is -1.82. The van der Waals surface area contributed by atoms with Gasteiger partial charge in [0.05, 0.1) is 4.91 Å². The van der Waals surface area contributed by atoms with Crippen LogP contribution in [0.5, 0.6) is 5.75 Å². The molecule has 6 heteroatoms. The van der Waals surface area contributed by atoms with Crippen LogP contribution < -0.4 is 4.74 Å². The molecule has 1 heterocycles. The molecule has 0 unspecified atom stereocenters. The summed E-state index contributed by atoms with van der Waals surface area (Å²) in [7, 11) is 0. The molecular weight excluding hydrogens is 374 g/mol. The molecule has 25 heavy (non-hydrogen) atoms. The van der Waals surface area contributed by atoms with Crippen LogP contribution in [-0.4, -0.2) is 21.7 Å². The maximum absolute atomic E-state index is 12.4. The van der Waals surface area contributed by atoms with E-state index >= 15 is 0 Å². The summed E-state index contributed by atoms with van der Waals surface area (Å²) in [5.74, 6) is 0.641. The topological polar surface area (TPSA) is 29.5 Å². The van der Waals surface area contributed by atoms with E-state index in [1.54, 1.807) is 4.90 Å². The minimum absolute atomic E-state index is 0.0570. The van der Waals surface area contributed by atoms with Crippen molar-refractivity contribution in [1.82, 2.24) is 4.90 Å². The van der Waals surface area contributed by atoms with Crippen LogP contribution >= 0.6 is 35.6 Å². The van der Waals surface area contributed by atoms with Gasteiger partial charge in [0.25, 0.3) is 5.91 Å². The number of halogens is 1. The van der Waals surface area contributed by atoms with E-state index in [4.69, 9.17) is 28.6 Å². The lowest BCUT2D eigenvalue weighted by atomic mass is 10.1. The molecule has 1 amide bonds. The molecule has 0 saturated carbocycles. The molecule has 3 nitrogen and oxygen atoms in total. The first-order valence-corrected chi connectivity index (χ1v) is 9.41. The van der Waals surface area contributed by atoms with Gasteiger partial charge in [0.2, 0.25) is 0 Å². The van der Waals surface area contributed by atoms with Gasteiger partial charge < -0.3 is 4.74 Å². The fraction of sp³-hybridized carbons (Fsp3) is 0.158. The molecule has 2 aromatic carbocycles. The standard InChI is InChI=1S/C19H16ClNO2S2/c1-2-21-18(22)17(25-19(21)24)11-13-7-4-6-10-16(13)23-12-14-8-3-5-9-15(14)20/h3-11H,2,12H2,1H3. The second kappa shape index (κ2) is 8.04. The average molecular weight is 390 g/mol. The van der Waals surface area contributed by atoms with Crippen molar-refractivity contribution in [3.05, 3.63) is 69.6 Å². The molecule has 0 spiro atoms. The first kappa shape index (κ1) is 18.0. The maximum atomic E-state index is 12.4. The van der Waals surface area contributed by atoms with Crippen LogP contribution in [0.25, 0.3) is 6.08 Å². The highest BCUT2D eigenvalue weighted by molar-refractivity contribution is 8.26. The molecule has 3 rings (SSSR count). The smallest absolute Gasteiger partial charge is 0.266 e. The van der Waals surface area contributed by atoms with E-state index in [-0.39, 0.29) is 5.91 Å². The zero-order valence-electron chi connectivity index (χ0n) is 13.6. The Morgan fingerprint density at radius 3 is 2.64 bits per heavy atom. The molecule has 1 saturated heterocycles. The summed E-state index contributed by atoms with van der Waals surface area (Å²) in [6.45, 7) is 2.85. The van der Waals surface area contributed by atoms with Gasteiger partial charge in [0, 0.05) is 22.7 Å². The van der Waals surface area contributed by atoms with Crippen LogP contribution in [0.3, 0.4) is 0 Å². The number of thioether (sulfide) groups is 1. The van der Waals surface area contributed by atoms with Crippen LogP contribution in [0, 0.1) is 0 Å². The van der Waals surface area contributed by atoms with E-state index in [0.717, 1.165) is 11.1 Å². The normalized spacial score (nSPS) is 15.9. The molecule has 0 atom stereocenters. The molecule has 1 aliphatic rings. The number of rotatable bonds is 5. The van der Waals surface area contributed by atoms with E-state index < -0.39 is 0 Å². The highest BCUT2D eigenvalue weighted by Gasteiger charge is 2.30. The summed E-state index contributed by atoms with van der Waals surface area (Å²) in [5.41, 5.74) is 1.75. The van der Waals surface area contributed by atoms with Gasteiger partial charge in [-0.25, -0.2) is 0 Å². The molecule has 1 aliphatic heterocycles. The van der Waals surface area contributed by atoms with Crippen LogP contribution in [-0.2, 0) is 11.4 Å². The van der Waals surface area contributed by atoms with Gasteiger partial charge in [0.1, 0.15) is 16.7 Å². The first-order chi connectivity index (χ1) is 12.1. The number of hydrogen-bond donors (Lipinski definition) is 0. The molecule has 0 bridgehead atoms. The fourth-order valence-corrected chi connectivity index (χ4v) is 3.98. The molecule has 0 N–H and O–H groups in total. The minimum atomic E-state index is -0.0570. The molecule has 0 aliphatic carbocycles. The van der Waals surface area contributed by atoms with Crippen LogP contribution in [0.2, 0.25) is 5.02 Å². The Kier molecular flexibility index (Phi) is 5.78. The van der Waals surface area contributed by atoms with Crippen LogP contribution in [0.15, 0.2) is 53.4 Å². The van der Waals surface area contributed by atoms with Gasteiger partial charge in [-0.1, -0.05) is 72.0 Å². The number of benzene rings is 2. The van der Waals surface area contributed by atoms with Gasteiger partial charge in [-0.15, -0.1) is 0 Å². The van der Waals surface area contributed by atoms with Crippen molar-refractivity contribution in [2.45, 2.75) is 13.5 Å². The molecule has 0 aromatic heterocycles. The average Bonchev–Trinajstić information content (AvgIpc) is 2.88. The van der Waals surface area contributed by atoms with Crippen molar-refractivity contribution in [3.8, 4) is 5.75 Å². The van der Waals surface area contributed by atoms with Crippen molar-refractivity contribution in [2.24, 2.45) is 0 Å². The van der Waals surface area contributed by atoms with Crippen molar-refractivity contribution in [1.29, 1.82) is 0 Å². The number of hydrogen-bond acceptors (Lipinski definition) is 4. The number of carbonyl (C=O) groups excluding carboxylic acids is 1. The van der Waals surface area contributed by atoms with Gasteiger partial charge in [-0.05, 0) is 25.1 Å². The molecule has 0 radical (unpaired) electrons. The van der Waals surface area contributed by atoms with E-state index in [1.807, 2.05) is 61.5 Å². The third kappa shape index (κ3) is 4.06. The summed E-state index contributed by atoms with van der Waals surface area (Å²) >= 11 is 12.7. The molecule has 2 aromatic rings. The third-order valence-electron chi connectivity index (χ3n) is 3.74. The Morgan fingerprint density at radius 1 is 1.20 bits per heavy atom. The van der Waals surface area contributed by atoms with E-state index in [0.29, 0.717) is 33.1 Å². The summed E-state index contributed by atoms with van der Waals surface area (Å²) in [6, 6.07) is 15.2. The number of thiocarbonyl (C=S) groups is 1. The van der Waals surface area contributed by atoms with E-state index in [9.17, 15) is 4.79 Å². The summed E-state index contributed by atoms with van der Waals surface area (Å²) in [5, 5.41) is 0.670. The number of carbonyl (C=O) groups is 1. The van der Waals surface area contributed by atoms with Gasteiger partial charge in [-0.3, -0.25) is 9.69 Å². The summed E-state index contributed by atoms with van der Waals surface area (Å²) < 4.78 is 6.52. The quantitative estimate of drug-likeness (QED) is 0.523. The summed E-state index contributed by atoms with van der Waals surface area (Å²) in [4.78, 5) is 14.6. The minimum Gasteiger partial charge on any atom is -0.488 e. The maximum Gasteiger partial charge on any atom is 0.266 e. The summed E-state index contributed by atoms with van der Waals surface area (Å²) in [6.07, 6.45) is 1.83. The number of likely N-dealkylation sites (N-methyl/N-ethyl adjacent to an activating group) is 1. The van der Waals surface area contributed by atoms with Crippen molar-refractivity contribution >= 4 is 51.9 Å².